The fourth-order valence-electron chi connectivity index (χ4n) is 1.56. The van der Waals surface area contributed by atoms with Crippen molar-refractivity contribution in [3.8, 4) is 0 Å². The number of aromatic carboxylic acids is 1. The second-order valence-electron chi connectivity index (χ2n) is 3.92. The van der Waals surface area contributed by atoms with E-state index in [1.54, 1.807) is 12.1 Å². The van der Waals surface area contributed by atoms with Crippen LogP contribution in [0.5, 0.6) is 0 Å². The molecule has 1 aromatic carbocycles. The number of nitrogens with zero attached hydrogens (tertiary/aromatic N) is 1. The fraction of sp³-hybridized carbons (Fsp3) is 0.0769. The largest absolute Gasteiger partial charge is 0.478 e. The topological polar surface area (TPSA) is 62.2 Å². The van der Waals surface area contributed by atoms with Gasteiger partial charge in [0.2, 0.25) is 0 Å². The van der Waals surface area contributed by atoms with Crippen molar-refractivity contribution in [3.05, 3.63) is 51.6 Å². The van der Waals surface area contributed by atoms with Crippen LogP contribution in [-0.4, -0.2) is 16.1 Å². The first-order valence-corrected chi connectivity index (χ1v) is 6.16. The van der Waals surface area contributed by atoms with Gasteiger partial charge in [0.15, 0.2) is 0 Å². The maximum atomic E-state index is 11.1. The highest BCUT2D eigenvalue weighted by Gasteiger charge is 2.13. The average Bonchev–Trinajstić information content (AvgIpc) is 2.33. The number of nitrogens with one attached hydrogen (secondary N) is 1. The Labute approximate surface area is 120 Å². The number of pyridine rings is 1. The molecule has 0 radical (unpaired) electrons. The number of halogens is 2. The van der Waals surface area contributed by atoms with E-state index in [2.05, 4.69) is 10.3 Å². The van der Waals surface area contributed by atoms with Crippen LogP contribution in [0.25, 0.3) is 0 Å². The van der Waals surface area contributed by atoms with Crippen LogP contribution < -0.4 is 5.32 Å². The third-order valence-electron chi connectivity index (χ3n) is 2.54. The standard InChI is InChI=1S/C13H10Cl2N2O2/c1-7-2-3-8(14)6-10(7)16-12-9(13(18)19)4-5-11(15)17-12/h2-6H,1H3,(H,16,17)(H,18,19). The van der Waals surface area contributed by atoms with Crippen LogP contribution in [0.15, 0.2) is 30.3 Å². The number of rotatable bonds is 3. The number of hydrogen-bond donors (Lipinski definition) is 2. The number of benzene rings is 1. The van der Waals surface area contributed by atoms with Gasteiger partial charge in [0.25, 0.3) is 0 Å². The van der Waals surface area contributed by atoms with Crippen molar-refractivity contribution in [2.24, 2.45) is 0 Å². The molecule has 0 unspecified atom stereocenters. The Morgan fingerprint density at radius 3 is 2.68 bits per heavy atom. The number of carboxylic acids is 1. The summed E-state index contributed by atoms with van der Waals surface area (Å²) in [7, 11) is 0. The summed E-state index contributed by atoms with van der Waals surface area (Å²) in [5.74, 6) is -0.892. The summed E-state index contributed by atoms with van der Waals surface area (Å²) in [5, 5.41) is 12.8. The number of hydrogen-bond acceptors (Lipinski definition) is 3. The lowest BCUT2D eigenvalue weighted by Gasteiger charge is -2.11. The van der Waals surface area contributed by atoms with Crippen LogP contribution >= 0.6 is 23.2 Å². The second kappa shape index (κ2) is 5.47. The van der Waals surface area contributed by atoms with Gasteiger partial charge in [-0.1, -0.05) is 29.3 Å². The van der Waals surface area contributed by atoms with Gasteiger partial charge in [-0.25, -0.2) is 9.78 Å². The van der Waals surface area contributed by atoms with E-state index in [0.717, 1.165) is 5.56 Å². The number of anilines is 2. The SMILES string of the molecule is Cc1ccc(Cl)cc1Nc1nc(Cl)ccc1C(=O)O. The smallest absolute Gasteiger partial charge is 0.339 e. The molecule has 2 aromatic rings. The molecule has 98 valence electrons. The van der Waals surface area contributed by atoms with Gasteiger partial charge in [0, 0.05) is 10.7 Å². The molecule has 0 atom stereocenters. The van der Waals surface area contributed by atoms with Gasteiger partial charge >= 0.3 is 5.97 Å². The van der Waals surface area contributed by atoms with Crippen molar-refractivity contribution in [1.82, 2.24) is 4.98 Å². The fourth-order valence-corrected chi connectivity index (χ4v) is 1.88. The molecule has 2 rings (SSSR count). The molecule has 0 aliphatic carbocycles. The van der Waals surface area contributed by atoms with E-state index in [0.29, 0.717) is 10.7 Å². The molecular weight excluding hydrogens is 287 g/mol. The molecule has 4 nitrogen and oxygen atoms in total. The van der Waals surface area contributed by atoms with E-state index >= 15 is 0 Å². The van der Waals surface area contributed by atoms with Gasteiger partial charge in [-0.3, -0.25) is 0 Å². The highest BCUT2D eigenvalue weighted by Crippen LogP contribution is 2.26. The van der Waals surface area contributed by atoms with E-state index in [-0.39, 0.29) is 16.5 Å². The number of aromatic nitrogens is 1. The van der Waals surface area contributed by atoms with E-state index in [4.69, 9.17) is 28.3 Å². The molecule has 0 bridgehead atoms. The molecule has 0 aliphatic heterocycles. The van der Waals surface area contributed by atoms with Crippen molar-refractivity contribution in [1.29, 1.82) is 0 Å². The molecule has 1 heterocycles. The minimum atomic E-state index is -1.08. The molecule has 19 heavy (non-hydrogen) atoms. The zero-order valence-corrected chi connectivity index (χ0v) is 11.5. The summed E-state index contributed by atoms with van der Waals surface area (Å²) in [5.41, 5.74) is 1.65. The van der Waals surface area contributed by atoms with E-state index in [1.165, 1.54) is 12.1 Å². The monoisotopic (exact) mass is 296 g/mol. The lowest BCUT2D eigenvalue weighted by atomic mass is 10.2. The minimum Gasteiger partial charge on any atom is -0.478 e. The van der Waals surface area contributed by atoms with E-state index in [1.807, 2.05) is 13.0 Å². The van der Waals surface area contributed by atoms with Gasteiger partial charge in [-0.2, -0.15) is 0 Å². The summed E-state index contributed by atoms with van der Waals surface area (Å²) in [4.78, 5) is 15.1. The Morgan fingerprint density at radius 1 is 1.26 bits per heavy atom. The normalized spacial score (nSPS) is 10.3. The van der Waals surface area contributed by atoms with Crippen LogP contribution in [0.1, 0.15) is 15.9 Å². The molecule has 0 amide bonds. The van der Waals surface area contributed by atoms with Gasteiger partial charge < -0.3 is 10.4 Å². The van der Waals surface area contributed by atoms with Crippen LogP contribution in [0, 0.1) is 6.92 Å². The number of carbonyl (C=O) groups is 1. The van der Waals surface area contributed by atoms with E-state index < -0.39 is 5.97 Å². The van der Waals surface area contributed by atoms with Crippen molar-refractivity contribution < 1.29 is 9.90 Å². The lowest BCUT2D eigenvalue weighted by Crippen LogP contribution is -2.05. The predicted octanol–water partition coefficient (Wildman–Crippen LogP) is 4.14. The molecule has 0 fully saturated rings. The zero-order chi connectivity index (χ0) is 14.0. The average molecular weight is 297 g/mol. The Hall–Kier alpha value is -1.78. The molecule has 6 heteroatoms. The van der Waals surface area contributed by atoms with E-state index in [9.17, 15) is 4.79 Å². The van der Waals surface area contributed by atoms with Crippen LogP contribution in [-0.2, 0) is 0 Å². The van der Waals surface area contributed by atoms with Gasteiger partial charge in [0.05, 0.1) is 0 Å². The summed E-state index contributed by atoms with van der Waals surface area (Å²) in [6, 6.07) is 8.12. The minimum absolute atomic E-state index is 0.0452. The Morgan fingerprint density at radius 2 is 2.00 bits per heavy atom. The third-order valence-corrected chi connectivity index (χ3v) is 2.99. The summed E-state index contributed by atoms with van der Waals surface area (Å²) in [6.07, 6.45) is 0. The second-order valence-corrected chi connectivity index (χ2v) is 4.74. The van der Waals surface area contributed by atoms with Gasteiger partial charge in [-0.05, 0) is 36.8 Å². The first kappa shape index (κ1) is 13.6. The summed E-state index contributed by atoms with van der Waals surface area (Å²) < 4.78 is 0. The first-order valence-electron chi connectivity index (χ1n) is 5.40. The maximum absolute atomic E-state index is 11.1. The van der Waals surface area contributed by atoms with Crippen LogP contribution in [0.2, 0.25) is 10.2 Å². The lowest BCUT2D eigenvalue weighted by molar-refractivity contribution is 0.0697. The first-order chi connectivity index (χ1) is 8.97. The van der Waals surface area contributed by atoms with Crippen LogP contribution in [0.3, 0.4) is 0 Å². The van der Waals surface area contributed by atoms with Crippen molar-refractivity contribution >= 4 is 40.7 Å². The Balaban J connectivity index is 2.45. The highest BCUT2D eigenvalue weighted by atomic mass is 35.5. The molecule has 0 aliphatic rings. The van der Waals surface area contributed by atoms with Gasteiger partial charge in [0.1, 0.15) is 16.5 Å². The Kier molecular flexibility index (Phi) is 3.93. The quantitative estimate of drug-likeness (QED) is 0.836. The molecular formula is C13H10Cl2N2O2. The highest BCUT2D eigenvalue weighted by molar-refractivity contribution is 6.31. The van der Waals surface area contributed by atoms with Gasteiger partial charge in [-0.15, -0.1) is 0 Å². The molecule has 0 saturated carbocycles. The predicted molar refractivity (Wildman–Crippen MR) is 75.7 cm³/mol. The molecule has 2 N–H and O–H groups in total. The Bertz CT molecular complexity index is 645. The molecule has 0 saturated heterocycles. The maximum Gasteiger partial charge on any atom is 0.339 e. The van der Waals surface area contributed by atoms with Crippen molar-refractivity contribution in [2.45, 2.75) is 6.92 Å². The van der Waals surface area contributed by atoms with Crippen molar-refractivity contribution in [3.63, 3.8) is 0 Å². The zero-order valence-electron chi connectivity index (χ0n) is 9.95. The number of carboxylic acid groups (broad SMARTS) is 1. The van der Waals surface area contributed by atoms with Crippen molar-refractivity contribution in [2.75, 3.05) is 5.32 Å². The molecule has 0 spiro atoms. The summed E-state index contributed by atoms with van der Waals surface area (Å²) in [6.45, 7) is 1.88. The van der Waals surface area contributed by atoms with Crippen LogP contribution in [0.4, 0.5) is 11.5 Å². The molecule has 1 aromatic heterocycles. The number of aryl methyl sites for hydroxylation is 1. The summed E-state index contributed by atoms with van der Waals surface area (Å²) >= 11 is 11.7. The third kappa shape index (κ3) is 3.16.